The maximum atomic E-state index is 12.3. The molecule has 6 nitrogen and oxygen atoms in total. The Morgan fingerprint density at radius 2 is 2.00 bits per heavy atom. The van der Waals surface area contributed by atoms with E-state index in [0.717, 1.165) is 54.7 Å². The molecule has 1 aromatic rings. The molecular weight excluding hydrogens is 318 g/mol. The largest absolute Gasteiger partial charge is 0.478 e. The van der Waals surface area contributed by atoms with Crippen molar-refractivity contribution in [3.05, 3.63) is 28.2 Å². The first-order valence-electron chi connectivity index (χ1n) is 7.56. The van der Waals surface area contributed by atoms with Crippen molar-refractivity contribution in [2.24, 2.45) is 0 Å². The van der Waals surface area contributed by atoms with Crippen LogP contribution in [0.1, 0.15) is 47.0 Å². The van der Waals surface area contributed by atoms with E-state index in [4.69, 9.17) is 9.84 Å². The summed E-state index contributed by atoms with van der Waals surface area (Å²) < 4.78 is 5.23. The standard InChI is InChI=1S/C16H19NO5S/c1-2-9-22-16(21)14-10-5-3-4-6-11(10)23-15(14)17-12(18)7-8-13(19)20/h7-8H,2-6,9H2,1H3,(H,17,18)(H,19,20). The zero-order chi connectivity index (χ0) is 16.8. The summed E-state index contributed by atoms with van der Waals surface area (Å²) in [6, 6.07) is 0. The molecule has 7 heteroatoms. The molecule has 2 N–H and O–H groups in total. The third-order valence-corrected chi connectivity index (χ3v) is 4.63. The first-order chi connectivity index (χ1) is 11.0. The number of nitrogens with one attached hydrogen (secondary N) is 1. The molecule has 0 bridgehead atoms. The summed E-state index contributed by atoms with van der Waals surface area (Å²) >= 11 is 1.37. The number of amides is 1. The van der Waals surface area contributed by atoms with Crippen LogP contribution in [-0.2, 0) is 27.2 Å². The number of ether oxygens (including phenoxy) is 1. The zero-order valence-electron chi connectivity index (χ0n) is 12.9. The summed E-state index contributed by atoms with van der Waals surface area (Å²) in [5, 5.41) is 11.6. The Morgan fingerprint density at radius 3 is 2.70 bits per heavy atom. The average molecular weight is 337 g/mol. The molecule has 0 radical (unpaired) electrons. The summed E-state index contributed by atoms with van der Waals surface area (Å²) in [6.07, 6.45) is 6.16. The van der Waals surface area contributed by atoms with Gasteiger partial charge in [-0.05, 0) is 37.7 Å². The topological polar surface area (TPSA) is 92.7 Å². The smallest absolute Gasteiger partial charge is 0.341 e. The van der Waals surface area contributed by atoms with Gasteiger partial charge in [0.15, 0.2) is 0 Å². The van der Waals surface area contributed by atoms with E-state index in [1.54, 1.807) is 0 Å². The number of carboxylic acid groups (broad SMARTS) is 1. The first kappa shape index (κ1) is 17.2. The number of thiophene rings is 1. The number of fused-ring (bicyclic) bond motifs is 1. The van der Waals surface area contributed by atoms with Crippen LogP contribution in [0.25, 0.3) is 0 Å². The van der Waals surface area contributed by atoms with Gasteiger partial charge < -0.3 is 15.2 Å². The van der Waals surface area contributed by atoms with E-state index in [1.165, 1.54) is 11.3 Å². The maximum Gasteiger partial charge on any atom is 0.341 e. The Labute approximate surface area is 138 Å². The lowest BCUT2D eigenvalue weighted by atomic mass is 9.95. The summed E-state index contributed by atoms with van der Waals surface area (Å²) in [6.45, 7) is 2.24. The highest BCUT2D eigenvalue weighted by atomic mass is 32.1. The fourth-order valence-electron chi connectivity index (χ4n) is 2.44. The molecule has 0 saturated heterocycles. The quantitative estimate of drug-likeness (QED) is 0.615. The maximum absolute atomic E-state index is 12.3. The van der Waals surface area contributed by atoms with Gasteiger partial charge in [0, 0.05) is 17.0 Å². The Hall–Kier alpha value is -2.15. The van der Waals surface area contributed by atoms with E-state index >= 15 is 0 Å². The number of aliphatic carboxylic acids is 1. The minimum Gasteiger partial charge on any atom is -0.478 e. The molecule has 0 spiro atoms. The van der Waals surface area contributed by atoms with Gasteiger partial charge >= 0.3 is 11.9 Å². The highest BCUT2D eigenvalue weighted by molar-refractivity contribution is 7.17. The van der Waals surface area contributed by atoms with Crippen molar-refractivity contribution < 1.29 is 24.2 Å². The third kappa shape index (κ3) is 4.41. The van der Waals surface area contributed by atoms with Gasteiger partial charge in [0.2, 0.25) is 5.91 Å². The highest BCUT2D eigenvalue weighted by Gasteiger charge is 2.27. The summed E-state index contributed by atoms with van der Waals surface area (Å²) in [5.41, 5.74) is 1.38. The monoisotopic (exact) mass is 337 g/mol. The van der Waals surface area contributed by atoms with Crippen molar-refractivity contribution in [2.75, 3.05) is 11.9 Å². The van der Waals surface area contributed by atoms with E-state index in [0.29, 0.717) is 17.2 Å². The van der Waals surface area contributed by atoms with E-state index in [-0.39, 0.29) is 0 Å². The fourth-order valence-corrected chi connectivity index (χ4v) is 3.72. The molecular formula is C16H19NO5S. The van der Waals surface area contributed by atoms with Crippen LogP contribution >= 0.6 is 11.3 Å². The molecule has 0 unspecified atom stereocenters. The number of anilines is 1. The molecule has 0 aromatic carbocycles. The second-order valence-corrected chi connectivity index (χ2v) is 6.32. The van der Waals surface area contributed by atoms with Crippen molar-refractivity contribution in [1.29, 1.82) is 0 Å². The van der Waals surface area contributed by atoms with Gasteiger partial charge in [0.1, 0.15) is 5.00 Å². The van der Waals surface area contributed by atoms with E-state index in [9.17, 15) is 14.4 Å². The molecule has 1 aliphatic carbocycles. The van der Waals surface area contributed by atoms with Crippen molar-refractivity contribution in [3.8, 4) is 0 Å². The lowest BCUT2D eigenvalue weighted by molar-refractivity contribution is -0.131. The van der Waals surface area contributed by atoms with E-state index in [1.807, 2.05) is 6.92 Å². The lowest BCUT2D eigenvalue weighted by Crippen LogP contribution is -2.14. The van der Waals surface area contributed by atoms with Crippen molar-refractivity contribution in [2.45, 2.75) is 39.0 Å². The summed E-state index contributed by atoms with van der Waals surface area (Å²) in [4.78, 5) is 35.7. The van der Waals surface area contributed by atoms with E-state index in [2.05, 4.69) is 5.32 Å². The lowest BCUT2D eigenvalue weighted by Gasteiger charge is -2.12. The van der Waals surface area contributed by atoms with Crippen LogP contribution in [0.3, 0.4) is 0 Å². The number of carboxylic acids is 1. The van der Waals surface area contributed by atoms with Crippen LogP contribution < -0.4 is 5.32 Å². The first-order valence-corrected chi connectivity index (χ1v) is 8.38. The number of rotatable bonds is 6. The molecule has 1 aromatic heterocycles. The molecule has 23 heavy (non-hydrogen) atoms. The van der Waals surface area contributed by atoms with Crippen molar-refractivity contribution in [1.82, 2.24) is 0 Å². The van der Waals surface area contributed by atoms with Gasteiger partial charge in [-0.25, -0.2) is 9.59 Å². The average Bonchev–Trinajstić information content (AvgIpc) is 2.88. The molecule has 2 rings (SSSR count). The van der Waals surface area contributed by atoms with Gasteiger partial charge in [-0.1, -0.05) is 6.92 Å². The summed E-state index contributed by atoms with van der Waals surface area (Å²) in [7, 11) is 0. The predicted octanol–water partition coefficient (Wildman–Crippen LogP) is 2.77. The van der Waals surface area contributed by atoms with Crippen LogP contribution in [0.15, 0.2) is 12.2 Å². The van der Waals surface area contributed by atoms with Crippen LogP contribution in [0.2, 0.25) is 0 Å². The number of hydrogen-bond acceptors (Lipinski definition) is 5. The molecule has 0 aliphatic heterocycles. The molecule has 1 amide bonds. The fraction of sp³-hybridized carbons (Fsp3) is 0.438. The van der Waals surface area contributed by atoms with Gasteiger partial charge in [-0.15, -0.1) is 11.3 Å². The Morgan fingerprint density at radius 1 is 1.26 bits per heavy atom. The highest BCUT2D eigenvalue weighted by Crippen LogP contribution is 2.38. The van der Waals surface area contributed by atoms with Crippen LogP contribution in [-0.4, -0.2) is 29.6 Å². The van der Waals surface area contributed by atoms with Crippen molar-refractivity contribution in [3.63, 3.8) is 0 Å². The SMILES string of the molecule is CCCOC(=O)c1c(NC(=O)C=CC(=O)O)sc2c1CCCC2. The van der Waals surface area contributed by atoms with Crippen LogP contribution in [0, 0.1) is 0 Å². The summed E-state index contributed by atoms with van der Waals surface area (Å²) in [5.74, 6) is -2.20. The zero-order valence-corrected chi connectivity index (χ0v) is 13.7. The van der Waals surface area contributed by atoms with Crippen molar-refractivity contribution >= 4 is 34.2 Å². The number of carbonyl (C=O) groups is 3. The van der Waals surface area contributed by atoms with Gasteiger partial charge in [-0.2, -0.15) is 0 Å². The Bertz CT molecular complexity index is 647. The molecule has 0 atom stereocenters. The van der Waals surface area contributed by atoms with E-state index < -0.39 is 17.8 Å². The molecule has 0 fully saturated rings. The number of hydrogen-bond donors (Lipinski definition) is 2. The molecule has 0 saturated carbocycles. The van der Waals surface area contributed by atoms with Crippen LogP contribution in [0.5, 0.6) is 0 Å². The second-order valence-electron chi connectivity index (χ2n) is 5.21. The van der Waals surface area contributed by atoms with Gasteiger partial charge in [-0.3, -0.25) is 4.79 Å². The Balaban J connectivity index is 2.27. The second kappa shape index (κ2) is 7.92. The number of esters is 1. The normalized spacial score (nSPS) is 13.6. The molecule has 1 heterocycles. The molecule has 124 valence electrons. The Kier molecular flexibility index (Phi) is 5.92. The predicted molar refractivity (Wildman–Crippen MR) is 86.9 cm³/mol. The number of aryl methyl sites for hydroxylation is 1. The van der Waals surface area contributed by atoms with Gasteiger partial charge in [0.25, 0.3) is 0 Å². The third-order valence-electron chi connectivity index (χ3n) is 3.43. The van der Waals surface area contributed by atoms with Gasteiger partial charge in [0.05, 0.1) is 12.2 Å². The molecule has 1 aliphatic rings. The minimum atomic E-state index is -1.20. The van der Waals surface area contributed by atoms with Crippen LogP contribution in [0.4, 0.5) is 5.00 Å². The minimum absolute atomic E-state index is 0.329. The number of carbonyl (C=O) groups excluding carboxylic acids is 2.